The zero-order valence-corrected chi connectivity index (χ0v) is 14.0. The number of rotatable bonds is 2. The average molecular weight is 371 g/mol. The molecule has 11 heteroatoms. The van der Waals surface area contributed by atoms with Gasteiger partial charge in [-0.2, -0.15) is 0 Å². The predicted molar refractivity (Wildman–Crippen MR) is 84.7 cm³/mol. The van der Waals surface area contributed by atoms with E-state index in [1.165, 1.54) is 13.8 Å². The van der Waals surface area contributed by atoms with Gasteiger partial charge in [0, 0.05) is 17.7 Å². The molecule has 1 aromatic rings. The van der Waals surface area contributed by atoms with Gasteiger partial charge in [0.2, 0.25) is 0 Å². The third kappa shape index (κ3) is 2.29. The summed E-state index contributed by atoms with van der Waals surface area (Å²) in [5.74, 6) is -1.17. The van der Waals surface area contributed by atoms with Gasteiger partial charge in [-0.1, -0.05) is 0 Å². The Morgan fingerprint density at radius 2 is 2.12 bits per heavy atom. The number of nitro groups is 1. The highest BCUT2D eigenvalue weighted by Crippen LogP contribution is 2.59. The maximum Gasteiger partial charge on any atom is 0.410 e. The minimum Gasteiger partial charge on any atom is -0.465 e. The van der Waals surface area contributed by atoms with Gasteiger partial charge in [0.25, 0.3) is 5.69 Å². The number of nitrogens with one attached hydrogen (secondary N) is 1. The molecule has 1 heterocycles. The van der Waals surface area contributed by atoms with Crippen LogP contribution in [0.25, 0.3) is 0 Å². The van der Waals surface area contributed by atoms with E-state index in [4.69, 9.17) is 5.11 Å². The number of sulfone groups is 1. The number of non-ortho nitro benzene ring substituents is 1. The van der Waals surface area contributed by atoms with Crippen molar-refractivity contribution >= 4 is 27.5 Å². The van der Waals surface area contributed by atoms with Crippen LogP contribution in [-0.4, -0.2) is 40.4 Å². The van der Waals surface area contributed by atoms with Gasteiger partial charge >= 0.3 is 6.09 Å². The number of nitrogens with zero attached hydrogens (tertiary/aromatic N) is 2. The Morgan fingerprint density at radius 1 is 1.48 bits per heavy atom. The second-order valence-electron chi connectivity index (χ2n) is 6.48. The van der Waals surface area contributed by atoms with Crippen molar-refractivity contribution in [2.24, 2.45) is 4.99 Å². The molecule has 0 aromatic heterocycles. The van der Waals surface area contributed by atoms with E-state index in [1.807, 2.05) is 5.32 Å². The van der Waals surface area contributed by atoms with Gasteiger partial charge in [-0.3, -0.25) is 20.4 Å². The third-order valence-corrected chi connectivity index (χ3v) is 7.61. The highest BCUT2D eigenvalue weighted by atomic mass is 32.2. The minimum absolute atomic E-state index is 0.0678. The Bertz CT molecular complexity index is 942. The van der Waals surface area contributed by atoms with Crippen molar-refractivity contribution in [2.45, 2.75) is 35.8 Å². The van der Waals surface area contributed by atoms with E-state index in [2.05, 4.69) is 4.99 Å². The summed E-state index contributed by atoms with van der Waals surface area (Å²) in [7, 11) is -3.91. The molecule has 1 saturated carbocycles. The Labute approximate surface area is 141 Å². The maximum absolute atomic E-state index is 14.3. The highest BCUT2D eigenvalue weighted by molar-refractivity contribution is 7.94. The van der Waals surface area contributed by atoms with E-state index < -0.39 is 47.9 Å². The number of benzene rings is 1. The SMILES string of the molecule is CC1(C)C(NC(=O)O)=N[C@@]2(c3cc([N+](=O)[O-])ccc3F)C[C@H]2S1(=O)=O. The van der Waals surface area contributed by atoms with E-state index in [9.17, 15) is 27.7 Å². The second-order valence-corrected chi connectivity index (χ2v) is 9.16. The van der Waals surface area contributed by atoms with Gasteiger partial charge in [0.15, 0.2) is 9.84 Å². The van der Waals surface area contributed by atoms with Crippen LogP contribution in [0.5, 0.6) is 0 Å². The van der Waals surface area contributed by atoms with Crippen LogP contribution in [0.15, 0.2) is 23.2 Å². The fourth-order valence-electron chi connectivity index (χ4n) is 3.11. The summed E-state index contributed by atoms with van der Waals surface area (Å²) in [6.07, 6.45) is -1.57. The van der Waals surface area contributed by atoms with Crippen molar-refractivity contribution in [2.75, 3.05) is 0 Å². The molecule has 0 radical (unpaired) electrons. The van der Waals surface area contributed by atoms with E-state index in [0.717, 1.165) is 18.2 Å². The molecular weight excluding hydrogens is 357 g/mol. The number of amidine groups is 1. The molecule has 3 rings (SSSR count). The van der Waals surface area contributed by atoms with Crippen LogP contribution in [0.4, 0.5) is 14.9 Å². The number of fused-ring (bicyclic) bond motifs is 1. The molecule has 9 nitrogen and oxygen atoms in total. The lowest BCUT2D eigenvalue weighted by Crippen LogP contribution is -2.54. The van der Waals surface area contributed by atoms with Crippen molar-refractivity contribution in [3.63, 3.8) is 0 Å². The zero-order chi connectivity index (χ0) is 18.8. The van der Waals surface area contributed by atoms with Crippen LogP contribution < -0.4 is 5.32 Å². The number of carbonyl (C=O) groups is 1. The molecule has 0 spiro atoms. The fourth-order valence-corrected chi connectivity index (χ4v) is 5.36. The number of hydrogen-bond acceptors (Lipinski definition) is 6. The summed E-state index contributed by atoms with van der Waals surface area (Å²) in [5, 5.41) is 20.8. The number of hydrogen-bond donors (Lipinski definition) is 2. The van der Waals surface area contributed by atoms with E-state index in [-0.39, 0.29) is 17.8 Å². The largest absolute Gasteiger partial charge is 0.465 e. The quantitative estimate of drug-likeness (QED) is 0.597. The van der Waals surface area contributed by atoms with Crippen LogP contribution >= 0.6 is 0 Å². The van der Waals surface area contributed by atoms with Crippen LogP contribution in [0, 0.1) is 15.9 Å². The number of nitro benzene ring substituents is 1. The normalized spacial score (nSPS) is 28.4. The molecule has 1 fully saturated rings. The van der Waals surface area contributed by atoms with Crippen molar-refractivity contribution in [1.29, 1.82) is 0 Å². The molecule has 1 aliphatic carbocycles. The lowest BCUT2D eigenvalue weighted by molar-refractivity contribution is -0.385. The van der Waals surface area contributed by atoms with Gasteiger partial charge in [-0.05, 0) is 26.3 Å². The minimum atomic E-state index is -3.91. The number of aliphatic imine (C=N–C) groups is 1. The van der Waals surface area contributed by atoms with Crippen molar-refractivity contribution in [3.8, 4) is 0 Å². The average Bonchev–Trinajstić information content (AvgIpc) is 3.21. The molecule has 25 heavy (non-hydrogen) atoms. The monoisotopic (exact) mass is 371 g/mol. The first kappa shape index (κ1) is 17.3. The summed E-state index contributed by atoms with van der Waals surface area (Å²) in [4.78, 5) is 25.4. The topological polar surface area (TPSA) is 139 Å². The lowest BCUT2D eigenvalue weighted by atomic mass is 10.0. The summed E-state index contributed by atoms with van der Waals surface area (Å²) in [6, 6.07) is 2.79. The van der Waals surface area contributed by atoms with Gasteiger partial charge in [0.05, 0.1) is 10.2 Å². The molecule has 0 saturated heterocycles. The number of carboxylic acid groups (broad SMARTS) is 1. The van der Waals surface area contributed by atoms with Crippen molar-refractivity contribution in [3.05, 3.63) is 39.7 Å². The van der Waals surface area contributed by atoms with E-state index >= 15 is 0 Å². The molecule has 2 aliphatic rings. The number of amides is 1. The molecule has 1 amide bonds. The standard InChI is InChI=1S/C14H14FN3O6S/c1-13(2)11(16-12(19)20)17-14(6-10(14)25(13,23)24)8-5-7(18(21)22)3-4-9(8)15/h3-5,10H,6H2,1-2H3,(H,16,17)(H,19,20)/t10-,14-/m1/s1. The molecular formula is C14H14FN3O6S. The Kier molecular flexibility index (Phi) is 3.44. The first-order valence-corrected chi connectivity index (χ1v) is 8.76. The predicted octanol–water partition coefficient (Wildman–Crippen LogP) is 1.57. The third-order valence-electron chi connectivity index (χ3n) is 4.69. The summed E-state index contributed by atoms with van der Waals surface area (Å²) in [5.41, 5.74) is -2.18. The second kappa shape index (κ2) is 4.97. The van der Waals surface area contributed by atoms with Crippen LogP contribution in [0.2, 0.25) is 0 Å². The molecule has 0 bridgehead atoms. The lowest BCUT2D eigenvalue weighted by Gasteiger charge is -2.33. The molecule has 1 aliphatic heterocycles. The first-order chi connectivity index (χ1) is 11.4. The molecule has 1 aromatic carbocycles. The van der Waals surface area contributed by atoms with Gasteiger partial charge < -0.3 is 5.11 Å². The highest BCUT2D eigenvalue weighted by Gasteiger charge is 2.70. The van der Waals surface area contributed by atoms with Crippen LogP contribution in [0.1, 0.15) is 25.8 Å². The van der Waals surface area contributed by atoms with Crippen molar-refractivity contribution in [1.82, 2.24) is 5.32 Å². The van der Waals surface area contributed by atoms with Gasteiger partial charge in [0.1, 0.15) is 21.9 Å². The Morgan fingerprint density at radius 3 is 2.68 bits per heavy atom. The zero-order valence-electron chi connectivity index (χ0n) is 13.2. The summed E-state index contributed by atoms with van der Waals surface area (Å²) < 4.78 is 38.3. The van der Waals surface area contributed by atoms with E-state index in [0.29, 0.717) is 0 Å². The van der Waals surface area contributed by atoms with Crippen LogP contribution in [-0.2, 0) is 15.4 Å². The van der Waals surface area contributed by atoms with Gasteiger partial charge in [-0.15, -0.1) is 0 Å². The molecule has 0 unspecified atom stereocenters. The van der Waals surface area contributed by atoms with E-state index in [1.54, 1.807) is 0 Å². The number of halogens is 1. The molecule has 2 atom stereocenters. The van der Waals surface area contributed by atoms with Gasteiger partial charge in [-0.25, -0.2) is 17.6 Å². The smallest absolute Gasteiger partial charge is 0.410 e. The summed E-state index contributed by atoms with van der Waals surface area (Å²) >= 11 is 0. The first-order valence-electron chi connectivity index (χ1n) is 7.21. The molecule has 134 valence electrons. The Balaban J connectivity index is 2.23. The molecule has 2 N–H and O–H groups in total. The fraction of sp³-hybridized carbons (Fsp3) is 0.429. The summed E-state index contributed by atoms with van der Waals surface area (Å²) in [6.45, 7) is 2.62. The van der Waals surface area contributed by atoms with Crippen molar-refractivity contribution < 1.29 is 27.6 Å². The maximum atomic E-state index is 14.3. The van der Waals surface area contributed by atoms with Crippen LogP contribution in [0.3, 0.4) is 0 Å². The Hall–Kier alpha value is -2.56.